The summed E-state index contributed by atoms with van der Waals surface area (Å²) in [5.41, 5.74) is 0.884. The first kappa shape index (κ1) is 17.5. The number of hydrogen-bond acceptors (Lipinski definition) is 3. The summed E-state index contributed by atoms with van der Waals surface area (Å²) < 4.78 is 6.18. The molecule has 26 heavy (non-hydrogen) atoms. The van der Waals surface area contributed by atoms with Gasteiger partial charge in [-0.25, -0.2) is 0 Å². The molecule has 1 aliphatic heterocycles. The molecule has 0 saturated heterocycles. The van der Waals surface area contributed by atoms with Crippen molar-refractivity contribution in [2.75, 3.05) is 0 Å². The number of hydrogen-bond donors (Lipinski definition) is 0. The standard InChI is InChI=1S/C22H23NO2Se/c24-21-22(16-17-10-4-1-5-11-17,26-19-14-8-3-9-15-19)23-20(25-21)18-12-6-2-7-13-18/h2-3,6-9,12-15,17H,1,4-5,10-11,16H2. The molecular formula is C22H23NO2Se. The van der Waals surface area contributed by atoms with Gasteiger partial charge in [-0.05, 0) is 0 Å². The molecule has 0 aromatic heterocycles. The Kier molecular flexibility index (Phi) is 5.23. The number of nitrogens with zero attached hydrogens (tertiary/aromatic N) is 1. The Morgan fingerprint density at radius 1 is 0.962 bits per heavy atom. The molecule has 0 spiro atoms. The Morgan fingerprint density at radius 2 is 1.62 bits per heavy atom. The van der Waals surface area contributed by atoms with Gasteiger partial charge in [-0.3, -0.25) is 0 Å². The Morgan fingerprint density at radius 3 is 2.31 bits per heavy atom. The van der Waals surface area contributed by atoms with Gasteiger partial charge >= 0.3 is 161 Å². The maximum absolute atomic E-state index is 13.0. The van der Waals surface area contributed by atoms with Crippen LogP contribution in [0.15, 0.2) is 65.7 Å². The van der Waals surface area contributed by atoms with Crippen molar-refractivity contribution in [3.8, 4) is 0 Å². The van der Waals surface area contributed by atoms with E-state index in [1.165, 1.54) is 36.6 Å². The first-order chi connectivity index (χ1) is 12.8. The summed E-state index contributed by atoms with van der Waals surface area (Å²) in [6.45, 7) is 0. The van der Waals surface area contributed by atoms with Gasteiger partial charge in [-0.2, -0.15) is 0 Å². The molecule has 1 heterocycles. The van der Waals surface area contributed by atoms with Gasteiger partial charge in [0.1, 0.15) is 0 Å². The van der Waals surface area contributed by atoms with E-state index in [0.29, 0.717) is 11.8 Å². The second-order valence-corrected chi connectivity index (χ2v) is 9.91. The summed E-state index contributed by atoms with van der Waals surface area (Å²) in [7, 11) is 0. The SMILES string of the molecule is O=C1OC(c2ccccc2)=NC1(CC1CCCCC1)[Se]c1ccccc1. The summed E-state index contributed by atoms with van der Waals surface area (Å²) in [6, 6.07) is 20.1. The van der Waals surface area contributed by atoms with Gasteiger partial charge in [-0.15, -0.1) is 0 Å². The third-order valence-electron chi connectivity index (χ3n) is 5.13. The molecule has 4 heteroatoms. The van der Waals surface area contributed by atoms with Crippen LogP contribution in [0.2, 0.25) is 0 Å². The monoisotopic (exact) mass is 413 g/mol. The molecule has 1 unspecified atom stereocenters. The van der Waals surface area contributed by atoms with E-state index in [1.807, 2.05) is 48.5 Å². The van der Waals surface area contributed by atoms with Crippen LogP contribution in [0.4, 0.5) is 0 Å². The van der Waals surface area contributed by atoms with Crippen LogP contribution in [0.3, 0.4) is 0 Å². The van der Waals surface area contributed by atoms with Crippen LogP contribution in [0, 0.1) is 5.92 Å². The van der Waals surface area contributed by atoms with Gasteiger partial charge in [-0.1, -0.05) is 0 Å². The van der Waals surface area contributed by atoms with Crippen LogP contribution in [0.25, 0.3) is 0 Å². The van der Waals surface area contributed by atoms with Crippen LogP contribution in [0.1, 0.15) is 44.1 Å². The topological polar surface area (TPSA) is 38.7 Å². The van der Waals surface area contributed by atoms with E-state index in [1.54, 1.807) is 0 Å². The fourth-order valence-electron chi connectivity index (χ4n) is 3.81. The van der Waals surface area contributed by atoms with E-state index < -0.39 is 4.44 Å². The Hall–Kier alpha value is -1.90. The van der Waals surface area contributed by atoms with Crippen molar-refractivity contribution in [3.05, 3.63) is 66.2 Å². The van der Waals surface area contributed by atoms with E-state index in [0.717, 1.165) is 12.0 Å². The maximum atomic E-state index is 13.0. The van der Waals surface area contributed by atoms with Crippen molar-refractivity contribution >= 4 is 31.3 Å². The zero-order chi connectivity index (χ0) is 17.8. The molecule has 0 amide bonds. The van der Waals surface area contributed by atoms with E-state index in [4.69, 9.17) is 9.73 Å². The first-order valence-electron chi connectivity index (χ1n) is 9.37. The number of ether oxygens (including phenoxy) is 1. The number of carbonyl (C=O) groups excluding carboxylic acids is 1. The van der Waals surface area contributed by atoms with Crippen molar-refractivity contribution < 1.29 is 9.53 Å². The molecule has 134 valence electrons. The van der Waals surface area contributed by atoms with Crippen LogP contribution in [0.5, 0.6) is 0 Å². The van der Waals surface area contributed by atoms with Gasteiger partial charge in [0.2, 0.25) is 0 Å². The number of aliphatic imine (C=N–C) groups is 1. The zero-order valence-electron chi connectivity index (χ0n) is 14.8. The minimum absolute atomic E-state index is 0.0840. The molecule has 0 radical (unpaired) electrons. The molecule has 1 saturated carbocycles. The Labute approximate surface area is 161 Å². The van der Waals surface area contributed by atoms with Crippen molar-refractivity contribution in [2.24, 2.45) is 10.9 Å². The number of cyclic esters (lactones) is 1. The van der Waals surface area contributed by atoms with Crippen LogP contribution < -0.4 is 4.46 Å². The second-order valence-electron chi connectivity index (χ2n) is 7.08. The molecule has 0 N–H and O–H groups in total. The summed E-state index contributed by atoms with van der Waals surface area (Å²) in [6.07, 6.45) is 7.08. The molecule has 2 aliphatic rings. The van der Waals surface area contributed by atoms with Crippen LogP contribution in [-0.4, -0.2) is 31.3 Å². The number of carbonyl (C=O) groups is 1. The van der Waals surface area contributed by atoms with Gasteiger partial charge in [0.05, 0.1) is 0 Å². The number of benzene rings is 2. The molecular weight excluding hydrogens is 389 g/mol. The fourth-order valence-corrected chi connectivity index (χ4v) is 6.44. The molecule has 1 aliphatic carbocycles. The summed E-state index contributed by atoms with van der Waals surface area (Å²) in [5, 5.41) is 0. The summed E-state index contributed by atoms with van der Waals surface area (Å²) in [5.74, 6) is 0.899. The van der Waals surface area contributed by atoms with Crippen molar-refractivity contribution in [1.82, 2.24) is 0 Å². The molecule has 2 aromatic carbocycles. The molecule has 1 fully saturated rings. The average Bonchev–Trinajstić information content (AvgIpc) is 3.00. The molecule has 4 rings (SSSR count). The normalized spacial score (nSPS) is 23.5. The van der Waals surface area contributed by atoms with Crippen LogP contribution in [-0.2, 0) is 9.53 Å². The zero-order valence-corrected chi connectivity index (χ0v) is 16.5. The van der Waals surface area contributed by atoms with Crippen molar-refractivity contribution in [3.63, 3.8) is 0 Å². The van der Waals surface area contributed by atoms with E-state index in [9.17, 15) is 4.79 Å². The first-order valence-corrected chi connectivity index (χ1v) is 11.1. The summed E-state index contributed by atoms with van der Waals surface area (Å²) in [4.78, 5) is 18.0. The fraction of sp³-hybridized carbons (Fsp3) is 0.364. The number of esters is 1. The van der Waals surface area contributed by atoms with Gasteiger partial charge in [0.25, 0.3) is 0 Å². The number of rotatable bonds is 5. The quantitative estimate of drug-likeness (QED) is 0.555. The summed E-state index contributed by atoms with van der Waals surface area (Å²) >= 11 is -0.0840. The van der Waals surface area contributed by atoms with Gasteiger partial charge in [0.15, 0.2) is 0 Å². The molecule has 0 bridgehead atoms. The van der Waals surface area contributed by atoms with Crippen LogP contribution >= 0.6 is 0 Å². The van der Waals surface area contributed by atoms with Gasteiger partial charge in [0, 0.05) is 0 Å². The molecule has 1 atom stereocenters. The second kappa shape index (κ2) is 7.77. The van der Waals surface area contributed by atoms with E-state index in [2.05, 4.69) is 12.1 Å². The molecule has 2 aromatic rings. The average molecular weight is 412 g/mol. The Bertz CT molecular complexity index is 784. The van der Waals surface area contributed by atoms with E-state index in [-0.39, 0.29) is 20.9 Å². The predicted octanol–water partition coefficient (Wildman–Crippen LogP) is 3.69. The van der Waals surface area contributed by atoms with Crippen molar-refractivity contribution in [1.29, 1.82) is 0 Å². The van der Waals surface area contributed by atoms with E-state index >= 15 is 0 Å². The minimum atomic E-state index is -0.721. The van der Waals surface area contributed by atoms with Gasteiger partial charge < -0.3 is 0 Å². The van der Waals surface area contributed by atoms with Crippen molar-refractivity contribution in [2.45, 2.75) is 43.0 Å². The third kappa shape index (κ3) is 3.77. The Balaban J connectivity index is 1.67. The predicted molar refractivity (Wildman–Crippen MR) is 105 cm³/mol. The third-order valence-corrected chi connectivity index (χ3v) is 7.80. The molecule has 3 nitrogen and oxygen atoms in total.